The summed E-state index contributed by atoms with van der Waals surface area (Å²) in [6.45, 7) is 1.06. The Kier molecular flexibility index (Phi) is 6.50. The fraction of sp³-hybridized carbons (Fsp3) is 0.267. The Morgan fingerprint density at radius 3 is 2.61 bits per heavy atom. The molecule has 6 nitrogen and oxygen atoms in total. The molecule has 0 aromatic heterocycles. The highest BCUT2D eigenvalue weighted by molar-refractivity contribution is 7.80. The van der Waals surface area contributed by atoms with Crippen LogP contribution in [0.25, 0.3) is 10.8 Å². The second-order valence-corrected chi connectivity index (χ2v) is 6.62. The molecule has 0 radical (unpaired) electrons. The summed E-state index contributed by atoms with van der Waals surface area (Å²) in [5, 5.41) is 8.93. The van der Waals surface area contributed by atoms with Crippen LogP contribution in [0, 0.1) is 0 Å². The number of phosphoric acid groups is 1. The number of rotatable bonds is 7. The maximum absolute atomic E-state index is 10.5. The van der Waals surface area contributed by atoms with Gasteiger partial charge in [0.25, 0.3) is 0 Å². The van der Waals surface area contributed by atoms with E-state index >= 15 is 0 Å². The van der Waals surface area contributed by atoms with Crippen molar-refractivity contribution in [2.45, 2.75) is 13.0 Å². The quantitative estimate of drug-likeness (QED) is 0.345. The van der Waals surface area contributed by atoms with E-state index < -0.39 is 7.82 Å². The summed E-state index contributed by atoms with van der Waals surface area (Å²) >= 11 is 5.16. The number of phosphoric ester groups is 1. The van der Waals surface area contributed by atoms with Crippen LogP contribution >= 0.6 is 20.0 Å². The molecule has 0 saturated carbocycles. The van der Waals surface area contributed by atoms with Crippen LogP contribution in [-0.4, -0.2) is 28.1 Å². The Morgan fingerprint density at radius 1 is 1.13 bits per heavy atom. The summed E-state index contributed by atoms with van der Waals surface area (Å²) < 4.78 is 14.8. The molecule has 0 spiro atoms. The number of hydrogen-bond acceptors (Lipinski definition) is 3. The van der Waals surface area contributed by atoms with Crippen molar-refractivity contribution in [3.63, 3.8) is 0 Å². The van der Waals surface area contributed by atoms with Gasteiger partial charge in [-0.05, 0) is 41.0 Å². The highest BCUT2D eigenvalue weighted by Gasteiger charge is 2.12. The minimum absolute atomic E-state index is 0.0232. The third kappa shape index (κ3) is 6.64. The first-order chi connectivity index (χ1) is 10.9. The largest absolute Gasteiger partial charge is 0.469 e. The third-order valence-corrected chi connectivity index (χ3v) is 3.94. The lowest BCUT2D eigenvalue weighted by atomic mass is 10.1. The topological polar surface area (TPSA) is 90.8 Å². The van der Waals surface area contributed by atoms with E-state index in [0.717, 1.165) is 5.56 Å². The molecule has 0 amide bonds. The van der Waals surface area contributed by atoms with Gasteiger partial charge in [-0.2, -0.15) is 0 Å². The summed E-state index contributed by atoms with van der Waals surface area (Å²) in [5.41, 5.74) is 1.12. The highest BCUT2D eigenvalue weighted by Crippen LogP contribution is 2.35. The van der Waals surface area contributed by atoms with E-state index in [1.54, 1.807) is 0 Å². The second kappa shape index (κ2) is 8.38. The van der Waals surface area contributed by atoms with Gasteiger partial charge in [0.15, 0.2) is 5.11 Å². The third-order valence-electron chi connectivity index (χ3n) is 3.13. The molecule has 124 valence electrons. The van der Waals surface area contributed by atoms with Crippen LogP contribution in [0.2, 0.25) is 0 Å². The van der Waals surface area contributed by atoms with E-state index in [1.165, 1.54) is 10.8 Å². The SMILES string of the molecule is O=P(O)(O)OCCCNC(=S)NCc1ccc2ccccc2c1. The van der Waals surface area contributed by atoms with Gasteiger partial charge in [0.2, 0.25) is 0 Å². The first kappa shape index (κ1) is 17.8. The average molecular weight is 354 g/mol. The number of hydrogen-bond donors (Lipinski definition) is 4. The van der Waals surface area contributed by atoms with Gasteiger partial charge in [-0.3, -0.25) is 4.52 Å². The molecule has 0 unspecified atom stereocenters. The zero-order valence-corrected chi connectivity index (χ0v) is 14.1. The average Bonchev–Trinajstić information content (AvgIpc) is 2.51. The van der Waals surface area contributed by atoms with Crippen molar-refractivity contribution in [2.24, 2.45) is 0 Å². The molecule has 0 aliphatic carbocycles. The van der Waals surface area contributed by atoms with Crippen molar-refractivity contribution >= 4 is 35.9 Å². The molecule has 0 fully saturated rings. The lowest BCUT2D eigenvalue weighted by molar-refractivity contribution is 0.195. The van der Waals surface area contributed by atoms with Gasteiger partial charge in [-0.25, -0.2) is 4.57 Å². The van der Waals surface area contributed by atoms with Gasteiger partial charge in [-0.15, -0.1) is 0 Å². The lowest BCUT2D eigenvalue weighted by Crippen LogP contribution is -2.35. The normalized spacial score (nSPS) is 11.4. The first-order valence-corrected chi connectivity index (χ1v) is 9.07. The number of thiocarbonyl (C=S) groups is 1. The lowest BCUT2D eigenvalue weighted by Gasteiger charge is -2.11. The van der Waals surface area contributed by atoms with Crippen molar-refractivity contribution < 1.29 is 18.9 Å². The summed E-state index contributed by atoms with van der Waals surface area (Å²) in [6, 6.07) is 14.4. The molecule has 0 bridgehead atoms. The number of fused-ring (bicyclic) bond motifs is 1. The molecule has 0 saturated heterocycles. The van der Waals surface area contributed by atoms with Crippen LogP contribution in [0.15, 0.2) is 42.5 Å². The smallest absolute Gasteiger partial charge is 0.363 e. The van der Waals surface area contributed by atoms with E-state index in [2.05, 4.69) is 39.4 Å². The molecule has 0 aliphatic rings. The van der Waals surface area contributed by atoms with Gasteiger partial charge in [-0.1, -0.05) is 36.4 Å². The molecule has 2 aromatic rings. The predicted molar refractivity (Wildman–Crippen MR) is 94.0 cm³/mol. The minimum atomic E-state index is -4.38. The van der Waals surface area contributed by atoms with E-state index in [4.69, 9.17) is 22.0 Å². The van der Waals surface area contributed by atoms with Crippen LogP contribution in [0.3, 0.4) is 0 Å². The summed E-state index contributed by atoms with van der Waals surface area (Å²) in [5.74, 6) is 0. The zero-order chi connectivity index (χ0) is 16.7. The molecule has 2 rings (SSSR count). The molecule has 0 atom stereocenters. The maximum atomic E-state index is 10.5. The van der Waals surface area contributed by atoms with Crippen molar-refractivity contribution in [2.75, 3.05) is 13.2 Å². The summed E-state index contributed by atoms with van der Waals surface area (Å²) in [7, 11) is -4.38. The van der Waals surface area contributed by atoms with E-state index in [0.29, 0.717) is 24.6 Å². The number of nitrogens with one attached hydrogen (secondary N) is 2. The Labute approximate surface area is 140 Å². The molecule has 8 heteroatoms. The van der Waals surface area contributed by atoms with Crippen LogP contribution in [0.1, 0.15) is 12.0 Å². The van der Waals surface area contributed by atoms with Gasteiger partial charge >= 0.3 is 7.82 Å². The van der Waals surface area contributed by atoms with Gasteiger partial charge < -0.3 is 20.4 Å². The standard InChI is InChI=1S/C15H19N2O4PS/c18-22(19,20)21-9-3-8-16-15(23)17-11-12-6-7-13-4-1-2-5-14(13)10-12/h1-2,4-7,10H,3,8-9,11H2,(H2,16,17,23)(H2,18,19,20). The van der Waals surface area contributed by atoms with Crippen molar-refractivity contribution in [3.8, 4) is 0 Å². The van der Waals surface area contributed by atoms with Gasteiger partial charge in [0.05, 0.1) is 6.61 Å². The summed E-state index contributed by atoms with van der Waals surface area (Å²) in [6.07, 6.45) is 0.447. The molecular formula is C15H19N2O4PS. The van der Waals surface area contributed by atoms with E-state index in [1.807, 2.05) is 18.2 Å². The van der Waals surface area contributed by atoms with Crippen LogP contribution in [0.5, 0.6) is 0 Å². The second-order valence-electron chi connectivity index (χ2n) is 4.97. The molecule has 4 N–H and O–H groups in total. The summed E-state index contributed by atoms with van der Waals surface area (Å²) in [4.78, 5) is 17.1. The van der Waals surface area contributed by atoms with Crippen molar-refractivity contribution in [1.29, 1.82) is 0 Å². The monoisotopic (exact) mass is 354 g/mol. The van der Waals surface area contributed by atoms with Crippen LogP contribution in [-0.2, 0) is 15.6 Å². The highest BCUT2D eigenvalue weighted by atomic mass is 32.1. The van der Waals surface area contributed by atoms with E-state index in [-0.39, 0.29) is 6.61 Å². The molecule has 23 heavy (non-hydrogen) atoms. The predicted octanol–water partition coefficient (Wildman–Crippen LogP) is 2.30. The van der Waals surface area contributed by atoms with E-state index in [9.17, 15) is 4.57 Å². The Morgan fingerprint density at radius 2 is 1.87 bits per heavy atom. The van der Waals surface area contributed by atoms with Crippen molar-refractivity contribution in [1.82, 2.24) is 10.6 Å². The molecule has 2 aromatic carbocycles. The molecule has 0 heterocycles. The Hall–Kier alpha value is -1.50. The van der Waals surface area contributed by atoms with Crippen molar-refractivity contribution in [3.05, 3.63) is 48.0 Å². The fourth-order valence-electron chi connectivity index (χ4n) is 2.05. The Balaban J connectivity index is 1.70. The van der Waals surface area contributed by atoms with Gasteiger partial charge in [0.1, 0.15) is 0 Å². The van der Waals surface area contributed by atoms with Crippen LogP contribution < -0.4 is 10.6 Å². The maximum Gasteiger partial charge on any atom is 0.469 e. The molecule has 0 aliphatic heterocycles. The minimum Gasteiger partial charge on any atom is -0.363 e. The molecular weight excluding hydrogens is 335 g/mol. The first-order valence-electron chi connectivity index (χ1n) is 7.13. The zero-order valence-electron chi connectivity index (χ0n) is 12.4. The van der Waals surface area contributed by atoms with Gasteiger partial charge in [0, 0.05) is 13.1 Å². The Bertz CT molecular complexity index is 719. The fourth-order valence-corrected chi connectivity index (χ4v) is 2.59. The number of benzene rings is 2. The van der Waals surface area contributed by atoms with Crippen LogP contribution in [0.4, 0.5) is 0 Å².